The number of rotatable bonds is 5. The number of benzene rings is 1. The quantitative estimate of drug-likeness (QED) is 0.759. The lowest BCUT2D eigenvalue weighted by Crippen LogP contribution is -2.30. The maximum absolute atomic E-state index is 13.2. The molecule has 1 N–H and O–H groups in total. The Morgan fingerprint density at radius 2 is 2.10 bits per heavy atom. The molecule has 154 valence electrons. The van der Waals surface area contributed by atoms with Gasteiger partial charge in [-0.3, -0.25) is 4.79 Å². The predicted molar refractivity (Wildman–Crippen MR) is 108 cm³/mol. The Morgan fingerprint density at radius 3 is 2.69 bits per heavy atom. The first-order chi connectivity index (χ1) is 15.5. The largest absolute Gasteiger partial charge is 0.492 e. The van der Waals surface area contributed by atoms with E-state index in [1.165, 1.54) is 12.1 Å². The van der Waals surface area contributed by atoms with E-state index in [-0.39, 0.29) is 45.0 Å². The Hall–Kier alpha value is -2.32. The van der Waals surface area contributed by atoms with Crippen LogP contribution >= 0.6 is 11.6 Å². The molecule has 0 unspecified atom stereocenters. The Morgan fingerprint density at radius 1 is 1.41 bits per heavy atom. The molecule has 2 aromatic rings. The van der Waals surface area contributed by atoms with Gasteiger partial charge in [-0.05, 0) is 36.4 Å². The molecule has 0 amide bonds. The molecular formula is C20H20ClNO6S. The van der Waals surface area contributed by atoms with Crippen LogP contribution in [-0.2, 0) is 15.6 Å². The summed E-state index contributed by atoms with van der Waals surface area (Å²) in [7, 11) is -4.08. The number of pyridine rings is 1. The Bertz CT molecular complexity index is 1410. The summed E-state index contributed by atoms with van der Waals surface area (Å²) < 4.78 is 72.8. The lowest BCUT2D eigenvalue weighted by molar-refractivity contribution is 0.0694. The zero-order valence-electron chi connectivity index (χ0n) is 20.4. The molecule has 29 heavy (non-hydrogen) atoms. The summed E-state index contributed by atoms with van der Waals surface area (Å²) in [6.45, 7) is 3.99. The van der Waals surface area contributed by atoms with E-state index >= 15 is 0 Å². The van der Waals surface area contributed by atoms with E-state index in [9.17, 15) is 23.1 Å². The van der Waals surface area contributed by atoms with Crippen molar-refractivity contribution in [2.75, 3.05) is 6.61 Å². The van der Waals surface area contributed by atoms with E-state index in [1.54, 1.807) is 0 Å². The van der Waals surface area contributed by atoms with Crippen molar-refractivity contribution in [2.24, 2.45) is 5.92 Å². The first-order valence-electron chi connectivity index (χ1n) is 11.2. The first kappa shape index (κ1) is 14.6. The van der Waals surface area contributed by atoms with Crippen LogP contribution in [0.2, 0.25) is 5.02 Å². The van der Waals surface area contributed by atoms with Crippen molar-refractivity contribution in [2.45, 2.75) is 43.3 Å². The van der Waals surface area contributed by atoms with Gasteiger partial charge in [-0.15, -0.1) is 0 Å². The molecule has 2 aliphatic rings. The third kappa shape index (κ3) is 3.44. The maximum Gasteiger partial charge on any atom is 0.341 e. The molecule has 1 aliphatic carbocycles. The molecule has 1 saturated carbocycles. The maximum atomic E-state index is 13.2. The Balaban J connectivity index is 2.10. The summed E-state index contributed by atoms with van der Waals surface area (Å²) in [5.74, 6) is -2.30. The SMILES string of the molecule is [2H]C1([2H])C([2H])([2H])C1([2H])n1c2c(cc(C(=O)O)c1=O)CS(=O)(=O)c1cc(OCC(C)C)c(Cl)cc1-2. The number of ether oxygens (including phenoxy) is 1. The van der Waals surface area contributed by atoms with Crippen LogP contribution < -0.4 is 10.3 Å². The normalized spacial score (nSPS) is 24.1. The van der Waals surface area contributed by atoms with E-state index < -0.39 is 51.4 Å². The second-order valence-electron chi connectivity index (χ2n) is 7.22. The number of halogens is 1. The molecule has 2 heterocycles. The van der Waals surface area contributed by atoms with Gasteiger partial charge in [0.25, 0.3) is 5.56 Å². The van der Waals surface area contributed by atoms with Gasteiger partial charge in [-0.2, -0.15) is 0 Å². The van der Waals surface area contributed by atoms with Crippen LogP contribution in [0.1, 0.15) is 55.4 Å². The standard InChI is InChI=1S/C20H20ClNO6S/c1-10(2)8-28-16-7-17-13(6-15(16)21)18-11(9-29(17,26)27)5-14(20(24)25)19(23)22(18)12-3-4-12/h5-7,10,12H,3-4,8-9H2,1-2H3,(H,24,25)/i3D2,4D2,12D. The van der Waals surface area contributed by atoms with E-state index in [1.807, 2.05) is 13.8 Å². The third-order valence-corrected chi connectivity index (χ3v) is 6.51. The van der Waals surface area contributed by atoms with Gasteiger partial charge in [0.05, 0.1) is 29.3 Å². The number of carboxylic acid groups (broad SMARTS) is 1. The fraction of sp³-hybridized carbons (Fsp3) is 0.400. The van der Waals surface area contributed by atoms with Crippen LogP contribution in [0.25, 0.3) is 11.3 Å². The van der Waals surface area contributed by atoms with Gasteiger partial charge in [0.15, 0.2) is 9.84 Å². The molecule has 9 heteroatoms. The van der Waals surface area contributed by atoms with Crippen molar-refractivity contribution in [3.63, 3.8) is 0 Å². The fourth-order valence-electron chi connectivity index (χ4n) is 3.21. The fourth-order valence-corrected chi connectivity index (χ4v) is 4.99. The molecule has 1 fully saturated rings. The molecule has 0 saturated heterocycles. The molecule has 0 radical (unpaired) electrons. The molecule has 0 bridgehead atoms. The molecule has 1 aromatic carbocycles. The number of hydrogen-bond donors (Lipinski definition) is 1. The van der Waals surface area contributed by atoms with Gasteiger partial charge < -0.3 is 14.4 Å². The summed E-state index contributed by atoms with van der Waals surface area (Å²) in [5.41, 5.74) is -2.83. The van der Waals surface area contributed by atoms with Crippen molar-refractivity contribution in [3.05, 3.63) is 44.7 Å². The molecule has 1 aliphatic heterocycles. The van der Waals surface area contributed by atoms with Crippen LogP contribution in [0.3, 0.4) is 0 Å². The van der Waals surface area contributed by atoms with E-state index in [2.05, 4.69) is 0 Å². The number of aromatic carboxylic acids is 1. The second-order valence-corrected chi connectivity index (χ2v) is 9.58. The molecule has 0 atom stereocenters. The number of sulfone groups is 1. The average Bonchev–Trinajstić information content (AvgIpc) is 3.02. The van der Waals surface area contributed by atoms with Crippen LogP contribution in [0.5, 0.6) is 5.75 Å². The minimum Gasteiger partial charge on any atom is -0.492 e. The highest BCUT2D eigenvalue weighted by atomic mass is 35.5. The number of fused-ring (bicyclic) bond motifs is 3. The second kappa shape index (κ2) is 6.88. The van der Waals surface area contributed by atoms with Crippen LogP contribution in [0.15, 0.2) is 27.9 Å². The molecule has 0 spiro atoms. The number of carbonyl (C=O) groups is 1. The zero-order chi connectivity index (χ0) is 25.6. The number of hydrogen-bond acceptors (Lipinski definition) is 5. The minimum atomic E-state index is -4.08. The van der Waals surface area contributed by atoms with Crippen molar-refractivity contribution in [1.29, 1.82) is 0 Å². The van der Waals surface area contributed by atoms with Crippen molar-refractivity contribution in [1.82, 2.24) is 4.57 Å². The zero-order valence-corrected chi connectivity index (χ0v) is 17.0. The summed E-state index contributed by atoms with van der Waals surface area (Å²) in [5, 5.41) is 9.48. The number of nitrogens with zero attached hydrogens (tertiary/aromatic N) is 1. The van der Waals surface area contributed by atoms with Crippen LogP contribution in [0.4, 0.5) is 0 Å². The highest BCUT2D eigenvalue weighted by Crippen LogP contribution is 2.46. The van der Waals surface area contributed by atoms with Gasteiger partial charge in [-0.25, -0.2) is 13.2 Å². The Kier molecular flexibility index (Phi) is 3.47. The molecule has 4 rings (SSSR count). The smallest absolute Gasteiger partial charge is 0.341 e. The van der Waals surface area contributed by atoms with Crippen LogP contribution in [0, 0.1) is 5.92 Å². The van der Waals surface area contributed by atoms with Gasteiger partial charge in [0, 0.05) is 23.1 Å². The third-order valence-electron chi connectivity index (χ3n) is 4.51. The van der Waals surface area contributed by atoms with E-state index in [4.69, 9.17) is 23.2 Å². The monoisotopic (exact) mass is 442 g/mol. The van der Waals surface area contributed by atoms with E-state index in [0.717, 1.165) is 6.07 Å². The van der Waals surface area contributed by atoms with Gasteiger partial charge in [0.1, 0.15) is 11.3 Å². The van der Waals surface area contributed by atoms with E-state index in [0.29, 0.717) is 4.57 Å². The number of aromatic nitrogens is 1. The van der Waals surface area contributed by atoms with Crippen molar-refractivity contribution < 1.29 is 29.9 Å². The lowest BCUT2D eigenvalue weighted by atomic mass is 10.0. The average molecular weight is 443 g/mol. The summed E-state index contributed by atoms with van der Waals surface area (Å²) in [4.78, 5) is 24.6. The lowest BCUT2D eigenvalue weighted by Gasteiger charge is -2.25. The number of carboxylic acids is 1. The highest BCUT2D eigenvalue weighted by molar-refractivity contribution is 7.90. The van der Waals surface area contributed by atoms with Gasteiger partial charge >= 0.3 is 5.97 Å². The first-order valence-corrected chi connectivity index (χ1v) is 10.7. The molecular weight excluding hydrogens is 418 g/mol. The van der Waals surface area contributed by atoms with Crippen molar-refractivity contribution in [3.8, 4) is 17.0 Å². The predicted octanol–water partition coefficient (Wildman–Crippen LogP) is 3.52. The highest BCUT2D eigenvalue weighted by Gasteiger charge is 2.37. The van der Waals surface area contributed by atoms with Crippen LogP contribution in [-0.4, -0.2) is 30.7 Å². The minimum absolute atomic E-state index is 0.0235. The van der Waals surface area contributed by atoms with Gasteiger partial charge in [-0.1, -0.05) is 25.4 Å². The summed E-state index contributed by atoms with van der Waals surface area (Å²) in [6, 6.07) is 0.385. The van der Waals surface area contributed by atoms with Crippen molar-refractivity contribution >= 4 is 27.4 Å². The molecule has 1 aromatic heterocycles. The molecule has 7 nitrogen and oxygen atoms in total. The topological polar surface area (TPSA) is 103 Å². The summed E-state index contributed by atoms with van der Waals surface area (Å²) >= 11 is 6.32. The van der Waals surface area contributed by atoms with Gasteiger partial charge in [0.2, 0.25) is 0 Å². The summed E-state index contributed by atoms with van der Waals surface area (Å²) in [6.07, 6.45) is -5.73. The Labute approximate surface area is 179 Å².